The molecule has 1 amide bonds. The normalized spacial score (nSPS) is 10.4. The lowest BCUT2D eigenvalue weighted by atomic mass is 10.2. The monoisotopic (exact) mass is 401 g/mol. The highest BCUT2D eigenvalue weighted by Gasteiger charge is 2.19. The highest BCUT2D eigenvalue weighted by atomic mass is 16.3. The Morgan fingerprint density at radius 1 is 1.00 bits per heavy atom. The Morgan fingerprint density at radius 2 is 1.83 bits per heavy atom. The molecule has 4 N–H and O–H groups in total. The third kappa shape index (κ3) is 4.20. The minimum absolute atomic E-state index is 0.162. The lowest BCUT2D eigenvalue weighted by Crippen LogP contribution is -2.30. The zero-order valence-electron chi connectivity index (χ0n) is 15.9. The van der Waals surface area contributed by atoms with Crippen LogP contribution in [-0.4, -0.2) is 20.9 Å². The molecule has 0 aliphatic rings. The van der Waals surface area contributed by atoms with Crippen molar-refractivity contribution in [3.05, 3.63) is 90.8 Å². The number of nitrogens with two attached hydrogens (primary N) is 1. The fourth-order valence-corrected chi connectivity index (χ4v) is 2.83. The summed E-state index contributed by atoms with van der Waals surface area (Å²) in [4.78, 5) is 26.9. The van der Waals surface area contributed by atoms with Gasteiger partial charge >= 0.3 is 5.91 Å². The van der Waals surface area contributed by atoms with E-state index in [-0.39, 0.29) is 17.3 Å². The quantitative estimate of drug-likeness (QED) is 0.404. The summed E-state index contributed by atoms with van der Waals surface area (Å²) in [5.41, 5.74) is 12.9. The number of nitrogen functional groups attached to an aromatic ring is 1. The zero-order valence-corrected chi connectivity index (χ0v) is 15.9. The molecule has 0 saturated carbocycles. The fraction of sp³-hybridized carbons (Fsp3) is 0.0476. The number of furan rings is 1. The van der Waals surface area contributed by atoms with E-state index >= 15 is 0 Å². The van der Waals surface area contributed by atoms with Gasteiger partial charge in [-0.25, -0.2) is 15.0 Å². The molecule has 9 nitrogen and oxygen atoms in total. The van der Waals surface area contributed by atoms with Crippen molar-refractivity contribution in [2.75, 3.05) is 16.1 Å². The number of hydrazine groups is 1. The first kappa shape index (κ1) is 18.9. The molecule has 4 rings (SSSR count). The van der Waals surface area contributed by atoms with E-state index in [2.05, 4.69) is 25.8 Å². The van der Waals surface area contributed by atoms with Crippen molar-refractivity contribution in [2.45, 2.75) is 6.54 Å². The first-order chi connectivity index (χ1) is 14.7. The number of aromatic nitrogens is 3. The molecule has 150 valence electrons. The number of carbonyl (C=O) groups excluding carboxylic acids is 1. The Balaban J connectivity index is 1.62. The van der Waals surface area contributed by atoms with E-state index in [1.807, 2.05) is 53.4 Å². The number of hydrogen-bond acceptors (Lipinski definition) is 8. The van der Waals surface area contributed by atoms with Gasteiger partial charge in [0.1, 0.15) is 17.8 Å². The van der Waals surface area contributed by atoms with Crippen LogP contribution in [0.5, 0.6) is 0 Å². The number of rotatable bonds is 7. The van der Waals surface area contributed by atoms with Crippen LogP contribution in [-0.2, 0) is 6.54 Å². The van der Waals surface area contributed by atoms with Crippen molar-refractivity contribution in [1.29, 1.82) is 0 Å². The molecule has 30 heavy (non-hydrogen) atoms. The predicted octanol–water partition coefficient (Wildman–Crippen LogP) is 3.14. The second-order valence-corrected chi connectivity index (χ2v) is 6.28. The van der Waals surface area contributed by atoms with Gasteiger partial charge in [-0.3, -0.25) is 15.6 Å². The van der Waals surface area contributed by atoms with Crippen LogP contribution >= 0.6 is 0 Å². The molecular formula is C21H19N7O2. The van der Waals surface area contributed by atoms with E-state index in [9.17, 15) is 4.79 Å². The van der Waals surface area contributed by atoms with Crippen molar-refractivity contribution in [3.8, 4) is 0 Å². The Bertz CT molecular complexity index is 1100. The lowest BCUT2D eigenvalue weighted by molar-refractivity contribution is 0.0935. The molecule has 0 bridgehead atoms. The summed E-state index contributed by atoms with van der Waals surface area (Å²) in [6.07, 6.45) is 4.49. The Kier molecular flexibility index (Phi) is 5.52. The number of carbonyl (C=O) groups is 1. The van der Waals surface area contributed by atoms with Gasteiger partial charge in [-0.2, -0.15) is 0 Å². The molecule has 0 atom stereocenters. The van der Waals surface area contributed by atoms with Gasteiger partial charge in [0.25, 0.3) is 0 Å². The zero-order chi connectivity index (χ0) is 20.8. The summed E-state index contributed by atoms with van der Waals surface area (Å²) >= 11 is 0. The number of anilines is 4. The minimum atomic E-state index is -0.453. The largest absolute Gasteiger partial charge is 0.459 e. The SMILES string of the molecule is Nc1c(NNC(=O)c2ccco2)ncnc1N(Cc1ccccc1)c1ccccn1. The summed E-state index contributed by atoms with van der Waals surface area (Å²) in [6.45, 7) is 0.497. The molecule has 1 aromatic carbocycles. The number of nitrogens with one attached hydrogen (secondary N) is 2. The van der Waals surface area contributed by atoms with Gasteiger partial charge < -0.3 is 15.1 Å². The molecule has 0 spiro atoms. The molecule has 3 heterocycles. The van der Waals surface area contributed by atoms with Crippen LogP contribution in [0.4, 0.5) is 23.1 Å². The smallest absolute Gasteiger partial charge is 0.305 e. The summed E-state index contributed by atoms with van der Waals surface area (Å²) in [7, 11) is 0. The summed E-state index contributed by atoms with van der Waals surface area (Å²) in [5, 5.41) is 0. The van der Waals surface area contributed by atoms with E-state index in [1.165, 1.54) is 12.6 Å². The molecule has 0 unspecified atom stereocenters. The second kappa shape index (κ2) is 8.74. The second-order valence-electron chi connectivity index (χ2n) is 6.28. The summed E-state index contributed by atoms with van der Waals surface area (Å²) in [6, 6.07) is 18.7. The minimum Gasteiger partial charge on any atom is -0.459 e. The van der Waals surface area contributed by atoms with Gasteiger partial charge in [-0.1, -0.05) is 36.4 Å². The van der Waals surface area contributed by atoms with E-state index < -0.39 is 5.91 Å². The molecular weight excluding hydrogens is 382 g/mol. The van der Waals surface area contributed by atoms with Gasteiger partial charge in [0, 0.05) is 6.20 Å². The molecule has 9 heteroatoms. The maximum absolute atomic E-state index is 12.1. The standard InChI is InChI=1S/C21H19N7O2/c22-18-19(26-27-21(29)16-9-6-12-30-16)24-14-25-20(18)28(17-10-4-5-11-23-17)13-15-7-2-1-3-8-15/h1-12,14H,13,22H2,(H,27,29)(H,24,25,26). The third-order valence-electron chi connectivity index (χ3n) is 4.27. The predicted molar refractivity (Wildman–Crippen MR) is 113 cm³/mol. The number of amides is 1. The van der Waals surface area contributed by atoms with Gasteiger partial charge in [-0.15, -0.1) is 0 Å². The van der Waals surface area contributed by atoms with E-state index in [0.717, 1.165) is 5.56 Å². The average molecular weight is 401 g/mol. The van der Waals surface area contributed by atoms with Crippen molar-refractivity contribution < 1.29 is 9.21 Å². The fourth-order valence-electron chi connectivity index (χ4n) is 2.83. The van der Waals surface area contributed by atoms with Gasteiger partial charge in [-0.05, 0) is 29.8 Å². The van der Waals surface area contributed by atoms with E-state index in [4.69, 9.17) is 10.2 Å². The van der Waals surface area contributed by atoms with Crippen LogP contribution < -0.4 is 21.5 Å². The Hall–Kier alpha value is -4.40. The number of benzene rings is 1. The van der Waals surface area contributed by atoms with Gasteiger partial charge in [0.05, 0.1) is 12.8 Å². The first-order valence-corrected chi connectivity index (χ1v) is 9.15. The number of pyridine rings is 1. The Morgan fingerprint density at radius 3 is 2.57 bits per heavy atom. The molecule has 0 aliphatic heterocycles. The van der Waals surface area contributed by atoms with Crippen LogP contribution in [0.15, 0.2) is 83.9 Å². The first-order valence-electron chi connectivity index (χ1n) is 9.15. The average Bonchev–Trinajstić information content (AvgIpc) is 3.33. The topological polar surface area (TPSA) is 122 Å². The van der Waals surface area contributed by atoms with Crippen LogP contribution in [0.1, 0.15) is 16.1 Å². The molecule has 0 fully saturated rings. The molecule has 0 aliphatic carbocycles. The van der Waals surface area contributed by atoms with Crippen LogP contribution in [0.3, 0.4) is 0 Å². The van der Waals surface area contributed by atoms with Gasteiger partial charge in [0.2, 0.25) is 0 Å². The number of nitrogens with zero attached hydrogens (tertiary/aromatic N) is 4. The highest BCUT2D eigenvalue weighted by Crippen LogP contribution is 2.31. The van der Waals surface area contributed by atoms with Crippen molar-refractivity contribution in [1.82, 2.24) is 20.4 Å². The lowest BCUT2D eigenvalue weighted by Gasteiger charge is -2.24. The number of hydrogen-bond donors (Lipinski definition) is 3. The molecule has 3 aromatic heterocycles. The maximum atomic E-state index is 12.1. The van der Waals surface area contributed by atoms with Crippen molar-refractivity contribution >= 4 is 29.0 Å². The molecule has 4 aromatic rings. The summed E-state index contributed by atoms with van der Waals surface area (Å²) < 4.78 is 5.07. The molecule has 0 radical (unpaired) electrons. The van der Waals surface area contributed by atoms with E-state index in [0.29, 0.717) is 18.2 Å². The van der Waals surface area contributed by atoms with E-state index in [1.54, 1.807) is 18.3 Å². The third-order valence-corrected chi connectivity index (χ3v) is 4.27. The van der Waals surface area contributed by atoms with Gasteiger partial charge in [0.15, 0.2) is 17.4 Å². The Labute approximate surface area is 172 Å². The molecule has 0 saturated heterocycles. The van der Waals surface area contributed by atoms with Crippen LogP contribution in [0.25, 0.3) is 0 Å². The summed E-state index contributed by atoms with van der Waals surface area (Å²) in [5.74, 6) is 1.11. The highest BCUT2D eigenvalue weighted by molar-refractivity contribution is 5.92. The van der Waals surface area contributed by atoms with Crippen molar-refractivity contribution in [2.24, 2.45) is 0 Å². The maximum Gasteiger partial charge on any atom is 0.305 e. The van der Waals surface area contributed by atoms with Crippen LogP contribution in [0.2, 0.25) is 0 Å². The van der Waals surface area contributed by atoms with Crippen LogP contribution in [0, 0.1) is 0 Å². The van der Waals surface area contributed by atoms with Crippen molar-refractivity contribution in [3.63, 3.8) is 0 Å².